The largest absolute Gasteiger partial charge is 0.478 e. The lowest BCUT2D eigenvalue weighted by atomic mass is 9.89. The van der Waals surface area contributed by atoms with Gasteiger partial charge < -0.3 is 14.6 Å². The van der Waals surface area contributed by atoms with Crippen molar-refractivity contribution in [2.45, 2.75) is 51.8 Å². The molecule has 0 radical (unpaired) electrons. The van der Waals surface area contributed by atoms with Crippen molar-refractivity contribution in [2.24, 2.45) is 5.92 Å². The lowest BCUT2D eigenvalue weighted by molar-refractivity contribution is -0.00544. The molecule has 7 nitrogen and oxygen atoms in total. The summed E-state index contributed by atoms with van der Waals surface area (Å²) in [5, 5.41) is 9.20. The monoisotopic (exact) mass is 348 g/mol. The maximum atomic E-state index is 12.7. The third-order valence-electron chi connectivity index (χ3n) is 4.55. The van der Waals surface area contributed by atoms with Gasteiger partial charge in [-0.05, 0) is 51.2 Å². The molecule has 1 aromatic rings. The van der Waals surface area contributed by atoms with E-state index < -0.39 is 11.6 Å². The normalized spacial score (nSPS) is 21.1. The summed E-state index contributed by atoms with van der Waals surface area (Å²) in [5.74, 6) is -0.792. The second kappa shape index (κ2) is 6.63. The molecular weight excluding hydrogens is 324 g/mol. The Balaban J connectivity index is 1.93. The highest BCUT2D eigenvalue weighted by Gasteiger charge is 2.42. The third kappa shape index (κ3) is 3.76. The molecule has 3 rings (SSSR count). The number of fused-ring (bicyclic) bond motifs is 1. The van der Waals surface area contributed by atoms with Crippen LogP contribution in [0.5, 0.6) is 0 Å². The molecule has 2 aliphatic rings. The van der Waals surface area contributed by atoms with Crippen LogP contribution in [0.15, 0.2) is 12.3 Å². The maximum Gasteiger partial charge on any atom is 0.411 e. The van der Waals surface area contributed by atoms with Crippen molar-refractivity contribution < 1.29 is 24.2 Å². The summed E-state index contributed by atoms with van der Waals surface area (Å²) in [4.78, 5) is 30.0. The van der Waals surface area contributed by atoms with Gasteiger partial charge in [0.1, 0.15) is 5.60 Å². The van der Waals surface area contributed by atoms with Crippen LogP contribution in [0.3, 0.4) is 0 Å². The minimum Gasteiger partial charge on any atom is -0.478 e. The molecule has 0 saturated carbocycles. The fraction of sp³-hybridized carbons (Fsp3) is 0.611. The zero-order valence-electron chi connectivity index (χ0n) is 14.8. The smallest absolute Gasteiger partial charge is 0.411 e. The van der Waals surface area contributed by atoms with Gasteiger partial charge in [0.05, 0.1) is 23.8 Å². The molecule has 0 bridgehead atoms. The van der Waals surface area contributed by atoms with Gasteiger partial charge in [-0.3, -0.25) is 9.88 Å². The first-order valence-corrected chi connectivity index (χ1v) is 8.56. The zero-order chi connectivity index (χ0) is 18.2. The van der Waals surface area contributed by atoms with E-state index >= 15 is 0 Å². The van der Waals surface area contributed by atoms with Gasteiger partial charge in [0.25, 0.3) is 0 Å². The molecule has 0 unspecified atom stereocenters. The number of aromatic carboxylic acids is 1. The molecule has 0 spiro atoms. The molecule has 1 aromatic heterocycles. The molecule has 25 heavy (non-hydrogen) atoms. The molecule has 0 aliphatic carbocycles. The summed E-state index contributed by atoms with van der Waals surface area (Å²) < 4.78 is 11.0. The first kappa shape index (κ1) is 17.7. The van der Waals surface area contributed by atoms with Crippen molar-refractivity contribution in [3.8, 4) is 0 Å². The molecule has 1 amide bonds. The van der Waals surface area contributed by atoms with Crippen LogP contribution in [0, 0.1) is 5.92 Å². The van der Waals surface area contributed by atoms with Crippen LogP contribution in [0.25, 0.3) is 0 Å². The van der Waals surface area contributed by atoms with Crippen LogP contribution in [0.2, 0.25) is 0 Å². The van der Waals surface area contributed by atoms with E-state index in [1.54, 1.807) is 11.0 Å². The van der Waals surface area contributed by atoms with E-state index in [2.05, 4.69) is 4.98 Å². The average Bonchev–Trinajstić information content (AvgIpc) is 2.92. The molecule has 0 aromatic carbocycles. The summed E-state index contributed by atoms with van der Waals surface area (Å²) in [6.07, 6.45) is 2.66. The van der Waals surface area contributed by atoms with Crippen LogP contribution in [-0.4, -0.2) is 45.9 Å². The lowest BCUT2D eigenvalue weighted by Gasteiger charge is -2.34. The Hall–Kier alpha value is -2.15. The second-order valence-corrected chi connectivity index (χ2v) is 7.58. The fourth-order valence-electron chi connectivity index (χ4n) is 3.47. The zero-order valence-corrected chi connectivity index (χ0v) is 14.8. The Morgan fingerprint density at radius 2 is 2.00 bits per heavy atom. The second-order valence-electron chi connectivity index (χ2n) is 7.58. The van der Waals surface area contributed by atoms with Gasteiger partial charge in [-0.1, -0.05) is 0 Å². The first-order chi connectivity index (χ1) is 11.8. The van der Waals surface area contributed by atoms with E-state index in [4.69, 9.17) is 9.47 Å². The Bertz CT molecular complexity index is 677. The number of hydrogen-bond acceptors (Lipinski definition) is 5. The minimum absolute atomic E-state index is 0.135. The Labute approximate surface area is 146 Å². The van der Waals surface area contributed by atoms with Crippen LogP contribution >= 0.6 is 0 Å². The Morgan fingerprint density at radius 1 is 1.32 bits per heavy atom. The SMILES string of the molecule is CC(C)(C)OC(=O)N1Cc2cc(C(=O)O)cnc2[C@@H]1C1CCOCC1. The molecule has 136 valence electrons. The Kier molecular flexibility index (Phi) is 4.69. The average molecular weight is 348 g/mol. The number of carbonyl (C=O) groups excluding carboxylic acids is 1. The molecule has 3 heterocycles. The number of rotatable bonds is 2. The number of amides is 1. The molecule has 1 N–H and O–H groups in total. The predicted octanol–water partition coefficient (Wildman–Crippen LogP) is 3.00. The molecular formula is C18H24N2O5. The van der Waals surface area contributed by atoms with Crippen molar-refractivity contribution in [1.29, 1.82) is 0 Å². The van der Waals surface area contributed by atoms with E-state index in [1.165, 1.54) is 6.20 Å². The van der Waals surface area contributed by atoms with Gasteiger partial charge in [-0.25, -0.2) is 9.59 Å². The number of hydrogen-bond donors (Lipinski definition) is 1. The van der Waals surface area contributed by atoms with Crippen molar-refractivity contribution in [1.82, 2.24) is 9.88 Å². The highest BCUT2D eigenvalue weighted by molar-refractivity contribution is 5.87. The highest BCUT2D eigenvalue weighted by Crippen LogP contribution is 2.42. The standard InChI is InChI=1S/C18H24N2O5/c1-18(2,3)25-17(23)20-10-13-8-12(16(21)22)9-19-14(13)15(20)11-4-6-24-7-5-11/h8-9,11,15H,4-7,10H2,1-3H3,(H,21,22)/t15-/m0/s1. The number of nitrogens with zero attached hydrogens (tertiary/aromatic N) is 2. The number of carboxylic acids is 1. The molecule has 1 saturated heterocycles. The first-order valence-electron chi connectivity index (χ1n) is 8.56. The number of carboxylic acid groups (broad SMARTS) is 1. The van der Waals surface area contributed by atoms with Crippen molar-refractivity contribution in [3.05, 3.63) is 29.1 Å². The van der Waals surface area contributed by atoms with E-state index in [0.717, 1.165) is 24.1 Å². The molecule has 1 atom stereocenters. The van der Waals surface area contributed by atoms with Gasteiger partial charge >= 0.3 is 12.1 Å². The van der Waals surface area contributed by atoms with Gasteiger partial charge in [-0.2, -0.15) is 0 Å². The summed E-state index contributed by atoms with van der Waals surface area (Å²) >= 11 is 0. The Morgan fingerprint density at radius 3 is 2.60 bits per heavy atom. The van der Waals surface area contributed by atoms with E-state index in [0.29, 0.717) is 19.8 Å². The van der Waals surface area contributed by atoms with Crippen LogP contribution in [0.4, 0.5) is 4.79 Å². The van der Waals surface area contributed by atoms with Crippen LogP contribution in [-0.2, 0) is 16.0 Å². The van der Waals surface area contributed by atoms with Crippen LogP contribution < -0.4 is 0 Å². The van der Waals surface area contributed by atoms with Crippen molar-refractivity contribution in [2.75, 3.05) is 13.2 Å². The molecule has 2 aliphatic heterocycles. The summed E-state index contributed by atoms with van der Waals surface area (Å²) in [6, 6.07) is 1.41. The number of aromatic nitrogens is 1. The van der Waals surface area contributed by atoms with Gasteiger partial charge in [0.15, 0.2) is 0 Å². The molecule has 1 fully saturated rings. The van der Waals surface area contributed by atoms with Crippen molar-refractivity contribution in [3.63, 3.8) is 0 Å². The van der Waals surface area contributed by atoms with Crippen LogP contribution in [0.1, 0.15) is 61.3 Å². The summed E-state index contributed by atoms with van der Waals surface area (Å²) in [6.45, 7) is 7.13. The van der Waals surface area contributed by atoms with Gasteiger partial charge in [-0.15, -0.1) is 0 Å². The minimum atomic E-state index is -1.02. The van der Waals surface area contributed by atoms with Gasteiger partial charge in [0.2, 0.25) is 0 Å². The van der Waals surface area contributed by atoms with E-state index in [1.807, 2.05) is 20.8 Å². The maximum absolute atomic E-state index is 12.7. The lowest BCUT2D eigenvalue weighted by Crippen LogP contribution is -2.39. The summed E-state index contributed by atoms with van der Waals surface area (Å²) in [7, 11) is 0. The van der Waals surface area contributed by atoms with E-state index in [9.17, 15) is 14.7 Å². The predicted molar refractivity (Wildman–Crippen MR) is 89.3 cm³/mol. The number of pyridine rings is 1. The quantitative estimate of drug-likeness (QED) is 0.884. The number of ether oxygens (including phenoxy) is 2. The van der Waals surface area contributed by atoms with E-state index in [-0.39, 0.29) is 23.6 Å². The molecule has 7 heteroatoms. The third-order valence-corrected chi connectivity index (χ3v) is 4.55. The summed E-state index contributed by atoms with van der Waals surface area (Å²) in [5.41, 5.74) is 1.10. The van der Waals surface area contributed by atoms with Crippen molar-refractivity contribution >= 4 is 12.1 Å². The topological polar surface area (TPSA) is 89.0 Å². The fourth-order valence-corrected chi connectivity index (χ4v) is 3.47. The van der Waals surface area contributed by atoms with Gasteiger partial charge in [0, 0.05) is 19.4 Å². The number of carbonyl (C=O) groups is 2. The highest BCUT2D eigenvalue weighted by atomic mass is 16.6.